The maximum absolute atomic E-state index is 5.51. The summed E-state index contributed by atoms with van der Waals surface area (Å²) >= 11 is 1.71. The van der Waals surface area contributed by atoms with E-state index in [4.69, 9.17) is 4.52 Å². The largest absolute Gasteiger partial charge is 0.361 e. The van der Waals surface area contributed by atoms with Crippen molar-refractivity contribution in [3.63, 3.8) is 0 Å². The Hall–Kier alpha value is -1.99. The predicted molar refractivity (Wildman–Crippen MR) is 82.5 cm³/mol. The van der Waals surface area contributed by atoms with Crippen LogP contribution in [-0.2, 0) is 26.1 Å². The third kappa shape index (κ3) is 2.69. The van der Waals surface area contributed by atoms with Crippen LogP contribution >= 0.6 is 11.3 Å². The number of rotatable bonds is 4. The second kappa shape index (κ2) is 5.66. The molecule has 0 spiro atoms. The molecule has 0 saturated heterocycles. The zero-order valence-corrected chi connectivity index (χ0v) is 13.2. The van der Waals surface area contributed by atoms with E-state index < -0.39 is 0 Å². The second-order valence-corrected chi connectivity index (χ2v) is 6.62. The lowest BCUT2D eigenvalue weighted by Crippen LogP contribution is -2.30. The zero-order valence-electron chi connectivity index (χ0n) is 12.4. The van der Waals surface area contributed by atoms with Crippen molar-refractivity contribution in [3.05, 3.63) is 51.6 Å². The van der Waals surface area contributed by atoms with Gasteiger partial charge in [-0.2, -0.15) is 5.10 Å². The van der Waals surface area contributed by atoms with Gasteiger partial charge in [0, 0.05) is 49.4 Å². The summed E-state index contributed by atoms with van der Waals surface area (Å²) in [5.41, 5.74) is 3.35. The SMILES string of the molecule is Cc1nc(CN2CCc3onc(Cn4cccn4)c3C2)cs1. The molecule has 114 valence electrons. The number of hydrogen-bond acceptors (Lipinski definition) is 6. The summed E-state index contributed by atoms with van der Waals surface area (Å²) in [6, 6.07) is 1.92. The van der Waals surface area contributed by atoms with Crippen molar-refractivity contribution in [3.8, 4) is 0 Å². The molecule has 0 aliphatic carbocycles. The monoisotopic (exact) mass is 315 g/mol. The van der Waals surface area contributed by atoms with Crippen molar-refractivity contribution < 1.29 is 4.52 Å². The fourth-order valence-corrected chi connectivity index (χ4v) is 3.44. The number of thiazole rings is 1. The van der Waals surface area contributed by atoms with E-state index >= 15 is 0 Å². The average Bonchev–Trinajstić information content (AvgIpc) is 3.23. The first kappa shape index (κ1) is 13.7. The lowest BCUT2D eigenvalue weighted by Gasteiger charge is -2.25. The lowest BCUT2D eigenvalue weighted by atomic mass is 10.1. The molecule has 6 nitrogen and oxygen atoms in total. The van der Waals surface area contributed by atoms with Gasteiger partial charge >= 0.3 is 0 Å². The number of nitrogens with zero attached hydrogens (tertiary/aromatic N) is 5. The Balaban J connectivity index is 1.50. The molecule has 0 unspecified atom stereocenters. The summed E-state index contributed by atoms with van der Waals surface area (Å²) in [6.07, 6.45) is 4.63. The Morgan fingerprint density at radius 3 is 3.09 bits per heavy atom. The van der Waals surface area contributed by atoms with E-state index in [0.29, 0.717) is 6.54 Å². The Morgan fingerprint density at radius 1 is 1.36 bits per heavy atom. The Morgan fingerprint density at radius 2 is 2.32 bits per heavy atom. The summed E-state index contributed by atoms with van der Waals surface area (Å²) in [4.78, 5) is 6.96. The standard InChI is InChI=1S/C15H17N5OS/c1-11-17-12(10-22-11)7-19-6-3-15-13(8-19)14(18-21-15)9-20-5-2-4-16-20/h2,4-5,10H,3,6-9H2,1H3. The van der Waals surface area contributed by atoms with Crippen LogP contribution in [0.1, 0.15) is 27.7 Å². The molecule has 1 aliphatic heterocycles. The fraction of sp³-hybridized carbons (Fsp3) is 0.400. The molecule has 0 radical (unpaired) electrons. The number of hydrogen-bond donors (Lipinski definition) is 0. The predicted octanol–water partition coefficient (Wildman–Crippen LogP) is 2.24. The van der Waals surface area contributed by atoms with Gasteiger partial charge in [-0.3, -0.25) is 9.58 Å². The van der Waals surface area contributed by atoms with Crippen molar-refractivity contribution in [1.82, 2.24) is 24.8 Å². The van der Waals surface area contributed by atoms with Gasteiger partial charge in [0.1, 0.15) is 11.5 Å². The van der Waals surface area contributed by atoms with Crippen LogP contribution < -0.4 is 0 Å². The van der Waals surface area contributed by atoms with Gasteiger partial charge in [0.25, 0.3) is 0 Å². The molecule has 3 aromatic rings. The molecule has 4 rings (SSSR count). The summed E-state index contributed by atoms with van der Waals surface area (Å²) in [5, 5.41) is 11.7. The van der Waals surface area contributed by atoms with Crippen molar-refractivity contribution in [2.75, 3.05) is 6.54 Å². The minimum atomic E-state index is 0.662. The molecule has 0 atom stereocenters. The highest BCUT2D eigenvalue weighted by Gasteiger charge is 2.24. The topological polar surface area (TPSA) is 60.0 Å². The van der Waals surface area contributed by atoms with Gasteiger partial charge in [0.15, 0.2) is 0 Å². The minimum absolute atomic E-state index is 0.662. The average molecular weight is 315 g/mol. The molecule has 3 aromatic heterocycles. The van der Waals surface area contributed by atoms with Crippen LogP contribution in [0.5, 0.6) is 0 Å². The van der Waals surface area contributed by atoms with Gasteiger partial charge in [0.2, 0.25) is 0 Å². The van der Waals surface area contributed by atoms with Crippen molar-refractivity contribution in [1.29, 1.82) is 0 Å². The first-order valence-corrected chi connectivity index (χ1v) is 8.23. The summed E-state index contributed by atoms with van der Waals surface area (Å²) in [5.74, 6) is 1.02. The van der Waals surface area contributed by atoms with E-state index in [-0.39, 0.29) is 0 Å². The van der Waals surface area contributed by atoms with E-state index in [1.54, 1.807) is 17.5 Å². The normalized spacial score (nSPS) is 15.1. The molecule has 0 bridgehead atoms. The minimum Gasteiger partial charge on any atom is -0.361 e. The molecular formula is C15H17N5OS. The molecule has 22 heavy (non-hydrogen) atoms. The Kier molecular flexibility index (Phi) is 3.51. The van der Waals surface area contributed by atoms with Crippen molar-refractivity contribution in [2.45, 2.75) is 33.0 Å². The highest BCUT2D eigenvalue weighted by atomic mass is 32.1. The van der Waals surface area contributed by atoms with Crippen LogP contribution in [0.15, 0.2) is 28.4 Å². The van der Waals surface area contributed by atoms with E-state index in [9.17, 15) is 0 Å². The lowest BCUT2D eigenvalue weighted by molar-refractivity contribution is 0.226. The van der Waals surface area contributed by atoms with E-state index in [2.05, 4.69) is 25.5 Å². The highest BCUT2D eigenvalue weighted by Crippen LogP contribution is 2.24. The van der Waals surface area contributed by atoms with E-state index in [0.717, 1.165) is 48.2 Å². The molecule has 7 heteroatoms. The van der Waals surface area contributed by atoms with Crippen LogP contribution in [0, 0.1) is 6.92 Å². The van der Waals surface area contributed by atoms with Gasteiger partial charge in [-0.25, -0.2) is 4.98 Å². The number of fused-ring (bicyclic) bond motifs is 1. The van der Waals surface area contributed by atoms with Gasteiger partial charge in [0.05, 0.1) is 17.2 Å². The van der Waals surface area contributed by atoms with Crippen LogP contribution in [0.3, 0.4) is 0 Å². The third-order valence-electron chi connectivity index (χ3n) is 3.91. The maximum atomic E-state index is 5.51. The molecule has 0 aromatic carbocycles. The quantitative estimate of drug-likeness (QED) is 0.739. The highest BCUT2D eigenvalue weighted by molar-refractivity contribution is 7.09. The summed E-state index contributed by atoms with van der Waals surface area (Å²) in [6.45, 7) is 5.45. The molecule has 0 amide bonds. The first-order valence-electron chi connectivity index (χ1n) is 7.35. The van der Waals surface area contributed by atoms with E-state index in [1.807, 2.05) is 23.9 Å². The van der Waals surface area contributed by atoms with Gasteiger partial charge < -0.3 is 4.52 Å². The first-order chi connectivity index (χ1) is 10.8. The Bertz CT molecular complexity index is 761. The Labute approximate surface area is 132 Å². The van der Waals surface area contributed by atoms with Crippen LogP contribution in [0.4, 0.5) is 0 Å². The van der Waals surface area contributed by atoms with Crippen molar-refractivity contribution in [2.24, 2.45) is 0 Å². The van der Waals surface area contributed by atoms with Crippen LogP contribution in [0.25, 0.3) is 0 Å². The second-order valence-electron chi connectivity index (χ2n) is 5.55. The van der Waals surface area contributed by atoms with E-state index in [1.165, 1.54) is 5.56 Å². The van der Waals surface area contributed by atoms with Gasteiger partial charge in [-0.05, 0) is 13.0 Å². The van der Waals surface area contributed by atoms with Crippen LogP contribution in [0.2, 0.25) is 0 Å². The molecule has 0 fully saturated rings. The third-order valence-corrected chi connectivity index (χ3v) is 4.73. The summed E-state index contributed by atoms with van der Waals surface area (Å²) in [7, 11) is 0. The summed E-state index contributed by atoms with van der Waals surface area (Å²) < 4.78 is 7.38. The van der Waals surface area contributed by atoms with Gasteiger partial charge in [-0.15, -0.1) is 11.3 Å². The maximum Gasteiger partial charge on any atom is 0.142 e. The smallest absolute Gasteiger partial charge is 0.142 e. The molecular weight excluding hydrogens is 298 g/mol. The van der Waals surface area contributed by atoms with Gasteiger partial charge in [-0.1, -0.05) is 5.16 Å². The fourth-order valence-electron chi connectivity index (χ4n) is 2.84. The zero-order chi connectivity index (χ0) is 14.9. The molecule has 0 N–H and O–H groups in total. The molecule has 1 aliphatic rings. The van der Waals surface area contributed by atoms with Crippen LogP contribution in [-0.4, -0.2) is 31.4 Å². The molecule has 4 heterocycles. The number of aryl methyl sites for hydroxylation is 1. The number of aromatic nitrogens is 4. The molecule has 0 saturated carbocycles. The van der Waals surface area contributed by atoms with Crippen molar-refractivity contribution >= 4 is 11.3 Å².